The van der Waals surface area contributed by atoms with E-state index in [1.54, 1.807) is 24.3 Å². The van der Waals surface area contributed by atoms with Crippen LogP contribution in [-0.2, 0) is 6.54 Å². The van der Waals surface area contributed by atoms with Crippen molar-refractivity contribution < 1.29 is 9.53 Å². The zero-order valence-corrected chi connectivity index (χ0v) is 12.4. The SMILES string of the molecule is NC(=O)c1ccc(OC2CCN(Cc3ccccc3)C2)cc1. The fourth-order valence-corrected chi connectivity index (χ4v) is 2.77. The van der Waals surface area contributed by atoms with Crippen LogP contribution in [0.15, 0.2) is 54.6 Å². The monoisotopic (exact) mass is 296 g/mol. The Hall–Kier alpha value is -2.33. The molecule has 1 saturated heterocycles. The van der Waals surface area contributed by atoms with Crippen molar-refractivity contribution in [3.8, 4) is 5.75 Å². The average molecular weight is 296 g/mol. The van der Waals surface area contributed by atoms with Crippen molar-refractivity contribution >= 4 is 5.91 Å². The zero-order valence-electron chi connectivity index (χ0n) is 12.4. The summed E-state index contributed by atoms with van der Waals surface area (Å²) >= 11 is 0. The van der Waals surface area contributed by atoms with Gasteiger partial charge in [-0.2, -0.15) is 0 Å². The molecule has 1 heterocycles. The average Bonchev–Trinajstić information content (AvgIpc) is 2.96. The third kappa shape index (κ3) is 3.65. The van der Waals surface area contributed by atoms with E-state index in [9.17, 15) is 4.79 Å². The van der Waals surface area contributed by atoms with Crippen molar-refractivity contribution in [2.45, 2.75) is 19.1 Å². The third-order valence-electron chi connectivity index (χ3n) is 3.92. The summed E-state index contributed by atoms with van der Waals surface area (Å²) in [5.74, 6) is 0.373. The molecule has 3 rings (SSSR count). The maximum atomic E-state index is 11.0. The van der Waals surface area contributed by atoms with Crippen LogP contribution in [0, 0.1) is 0 Å². The first-order chi connectivity index (χ1) is 10.7. The van der Waals surface area contributed by atoms with Gasteiger partial charge in [0.05, 0.1) is 0 Å². The molecule has 4 nitrogen and oxygen atoms in total. The predicted molar refractivity (Wildman–Crippen MR) is 85.7 cm³/mol. The van der Waals surface area contributed by atoms with E-state index in [0.29, 0.717) is 5.56 Å². The van der Waals surface area contributed by atoms with Crippen LogP contribution in [0.1, 0.15) is 22.3 Å². The number of hydrogen-bond acceptors (Lipinski definition) is 3. The van der Waals surface area contributed by atoms with Gasteiger partial charge in [-0.1, -0.05) is 30.3 Å². The normalized spacial score (nSPS) is 18.3. The number of primary amides is 1. The second-order valence-electron chi connectivity index (χ2n) is 5.64. The molecule has 114 valence electrons. The Morgan fingerprint density at radius 1 is 1.14 bits per heavy atom. The van der Waals surface area contributed by atoms with Gasteiger partial charge < -0.3 is 10.5 Å². The molecule has 0 spiro atoms. The second kappa shape index (κ2) is 6.62. The van der Waals surface area contributed by atoms with Gasteiger partial charge in [0, 0.05) is 25.2 Å². The molecule has 0 bridgehead atoms. The molecule has 1 aliphatic heterocycles. The highest BCUT2D eigenvalue weighted by Crippen LogP contribution is 2.20. The van der Waals surface area contributed by atoms with Gasteiger partial charge in [-0.15, -0.1) is 0 Å². The quantitative estimate of drug-likeness (QED) is 0.922. The first kappa shape index (κ1) is 14.6. The van der Waals surface area contributed by atoms with Gasteiger partial charge in [-0.3, -0.25) is 9.69 Å². The molecular formula is C18H20N2O2. The molecule has 0 saturated carbocycles. The second-order valence-corrected chi connectivity index (χ2v) is 5.64. The summed E-state index contributed by atoms with van der Waals surface area (Å²) in [5, 5.41) is 0. The summed E-state index contributed by atoms with van der Waals surface area (Å²) in [6, 6.07) is 17.5. The molecule has 0 radical (unpaired) electrons. The highest BCUT2D eigenvalue weighted by Gasteiger charge is 2.23. The van der Waals surface area contributed by atoms with E-state index in [-0.39, 0.29) is 6.10 Å². The maximum absolute atomic E-state index is 11.0. The molecule has 1 atom stereocenters. The lowest BCUT2D eigenvalue weighted by molar-refractivity contribution is 0.1000. The van der Waals surface area contributed by atoms with Crippen molar-refractivity contribution in [3.63, 3.8) is 0 Å². The van der Waals surface area contributed by atoms with E-state index in [1.807, 2.05) is 6.07 Å². The van der Waals surface area contributed by atoms with Crippen LogP contribution in [0.5, 0.6) is 5.75 Å². The molecule has 4 heteroatoms. The van der Waals surface area contributed by atoms with Crippen LogP contribution in [0.3, 0.4) is 0 Å². The van der Waals surface area contributed by atoms with Crippen molar-refractivity contribution in [1.29, 1.82) is 0 Å². The minimum absolute atomic E-state index is 0.197. The highest BCUT2D eigenvalue weighted by molar-refractivity contribution is 5.92. The number of rotatable bonds is 5. The molecule has 1 fully saturated rings. The Morgan fingerprint density at radius 3 is 2.55 bits per heavy atom. The van der Waals surface area contributed by atoms with E-state index in [1.165, 1.54) is 5.56 Å². The number of likely N-dealkylation sites (tertiary alicyclic amines) is 1. The van der Waals surface area contributed by atoms with Gasteiger partial charge in [0.2, 0.25) is 5.91 Å². The fourth-order valence-electron chi connectivity index (χ4n) is 2.77. The zero-order chi connectivity index (χ0) is 15.4. The highest BCUT2D eigenvalue weighted by atomic mass is 16.5. The molecule has 2 N–H and O–H groups in total. The van der Waals surface area contributed by atoms with Crippen LogP contribution < -0.4 is 10.5 Å². The number of nitrogens with zero attached hydrogens (tertiary/aromatic N) is 1. The largest absolute Gasteiger partial charge is 0.489 e. The molecule has 1 unspecified atom stereocenters. The van der Waals surface area contributed by atoms with E-state index >= 15 is 0 Å². The van der Waals surface area contributed by atoms with Gasteiger partial charge in [0.15, 0.2) is 0 Å². The Bertz CT molecular complexity index is 625. The Balaban J connectivity index is 1.53. The summed E-state index contributed by atoms with van der Waals surface area (Å²) in [4.78, 5) is 13.4. The topological polar surface area (TPSA) is 55.6 Å². The first-order valence-electron chi connectivity index (χ1n) is 7.53. The standard InChI is InChI=1S/C18H20N2O2/c19-18(21)15-6-8-16(9-7-15)22-17-10-11-20(13-17)12-14-4-2-1-3-5-14/h1-9,17H,10-13H2,(H2,19,21). The number of nitrogens with two attached hydrogens (primary N) is 1. The first-order valence-corrected chi connectivity index (χ1v) is 7.53. The summed E-state index contributed by atoms with van der Waals surface area (Å²) in [6.45, 7) is 2.92. The number of hydrogen-bond donors (Lipinski definition) is 1. The number of carbonyl (C=O) groups is 1. The minimum atomic E-state index is -0.415. The third-order valence-corrected chi connectivity index (χ3v) is 3.92. The lowest BCUT2D eigenvalue weighted by Gasteiger charge is -2.17. The minimum Gasteiger partial charge on any atom is -0.489 e. The number of ether oxygens (including phenoxy) is 1. The number of benzene rings is 2. The number of amides is 1. The molecular weight excluding hydrogens is 276 g/mol. The maximum Gasteiger partial charge on any atom is 0.248 e. The van der Waals surface area contributed by atoms with Crippen LogP contribution in [0.4, 0.5) is 0 Å². The van der Waals surface area contributed by atoms with Crippen molar-refractivity contribution in [1.82, 2.24) is 4.90 Å². The summed E-state index contributed by atoms with van der Waals surface area (Å²) < 4.78 is 5.98. The summed E-state index contributed by atoms with van der Waals surface area (Å²) in [7, 11) is 0. The molecule has 22 heavy (non-hydrogen) atoms. The molecule has 1 aliphatic rings. The molecule has 2 aromatic rings. The smallest absolute Gasteiger partial charge is 0.248 e. The van der Waals surface area contributed by atoms with Crippen molar-refractivity contribution in [2.24, 2.45) is 5.73 Å². The summed E-state index contributed by atoms with van der Waals surface area (Å²) in [6.07, 6.45) is 1.22. The van der Waals surface area contributed by atoms with Gasteiger partial charge in [-0.05, 0) is 36.2 Å². The van der Waals surface area contributed by atoms with Gasteiger partial charge in [0.1, 0.15) is 11.9 Å². The van der Waals surface area contributed by atoms with Crippen molar-refractivity contribution in [2.75, 3.05) is 13.1 Å². The predicted octanol–water partition coefficient (Wildman–Crippen LogP) is 2.44. The molecule has 1 amide bonds. The van der Waals surface area contributed by atoms with Crippen LogP contribution >= 0.6 is 0 Å². The lowest BCUT2D eigenvalue weighted by atomic mass is 10.2. The van der Waals surface area contributed by atoms with Gasteiger partial charge >= 0.3 is 0 Å². The number of carbonyl (C=O) groups excluding carboxylic acids is 1. The van der Waals surface area contributed by atoms with E-state index in [2.05, 4.69) is 29.2 Å². The molecule has 0 aromatic heterocycles. The molecule has 2 aromatic carbocycles. The van der Waals surface area contributed by atoms with Gasteiger partial charge in [-0.25, -0.2) is 0 Å². The Morgan fingerprint density at radius 2 is 1.86 bits per heavy atom. The Labute approximate surface area is 130 Å². The van der Waals surface area contributed by atoms with E-state index in [4.69, 9.17) is 10.5 Å². The van der Waals surface area contributed by atoms with Gasteiger partial charge in [0.25, 0.3) is 0 Å². The van der Waals surface area contributed by atoms with Crippen molar-refractivity contribution in [3.05, 3.63) is 65.7 Å². The fraction of sp³-hybridized carbons (Fsp3) is 0.278. The van der Waals surface area contributed by atoms with E-state index in [0.717, 1.165) is 31.8 Å². The molecule has 0 aliphatic carbocycles. The lowest BCUT2D eigenvalue weighted by Crippen LogP contribution is -2.24. The van der Waals surface area contributed by atoms with Crippen LogP contribution in [0.25, 0.3) is 0 Å². The Kier molecular flexibility index (Phi) is 4.39. The van der Waals surface area contributed by atoms with E-state index < -0.39 is 5.91 Å². The van der Waals surface area contributed by atoms with Crippen LogP contribution in [0.2, 0.25) is 0 Å². The van der Waals surface area contributed by atoms with Crippen LogP contribution in [-0.4, -0.2) is 30.0 Å². The summed E-state index contributed by atoms with van der Waals surface area (Å²) in [5.41, 5.74) is 7.06.